The van der Waals surface area contributed by atoms with Crippen LogP contribution in [0.1, 0.15) is 11.3 Å². The molecule has 0 atom stereocenters. The van der Waals surface area contributed by atoms with E-state index in [1.54, 1.807) is 13.3 Å². The zero-order valence-electron chi connectivity index (χ0n) is 14.9. The number of halogens is 2. The summed E-state index contributed by atoms with van der Waals surface area (Å²) in [4.78, 5) is 8.56. The van der Waals surface area contributed by atoms with Gasteiger partial charge < -0.3 is 15.1 Å². The molecule has 0 fully saturated rings. The van der Waals surface area contributed by atoms with Gasteiger partial charge in [-0.3, -0.25) is 4.99 Å². The standard InChI is InChI=1S/C20H20F2N4O/c1-23-20(24-8-7-14-9-16(21)11-17(22)10-14)25-12-18-13-27-19(26-18)15-5-3-2-4-6-15/h2-6,9-11,13H,7-8,12H2,1H3,(H2,23,24,25). The largest absolute Gasteiger partial charge is 0.444 e. The van der Waals surface area contributed by atoms with Gasteiger partial charge in [0, 0.05) is 25.2 Å². The Morgan fingerprint density at radius 2 is 1.81 bits per heavy atom. The van der Waals surface area contributed by atoms with Gasteiger partial charge in [0.15, 0.2) is 5.96 Å². The summed E-state index contributed by atoms with van der Waals surface area (Å²) in [5.74, 6) is -0.0277. The maximum absolute atomic E-state index is 13.2. The van der Waals surface area contributed by atoms with Gasteiger partial charge >= 0.3 is 0 Å². The zero-order chi connectivity index (χ0) is 19.1. The van der Waals surface area contributed by atoms with Crippen molar-refractivity contribution in [2.45, 2.75) is 13.0 Å². The van der Waals surface area contributed by atoms with E-state index in [9.17, 15) is 8.78 Å². The van der Waals surface area contributed by atoms with Crippen LogP contribution < -0.4 is 10.6 Å². The molecular formula is C20H20F2N4O. The molecule has 140 valence electrons. The molecule has 1 heterocycles. The smallest absolute Gasteiger partial charge is 0.226 e. The number of aliphatic imine (C=N–C) groups is 1. The van der Waals surface area contributed by atoms with Crippen LogP contribution in [-0.4, -0.2) is 24.5 Å². The minimum atomic E-state index is -0.576. The Morgan fingerprint density at radius 3 is 2.52 bits per heavy atom. The summed E-state index contributed by atoms with van der Waals surface area (Å²) in [6.45, 7) is 0.918. The number of nitrogens with one attached hydrogen (secondary N) is 2. The lowest BCUT2D eigenvalue weighted by atomic mass is 10.1. The number of hydrogen-bond donors (Lipinski definition) is 2. The molecule has 0 bridgehead atoms. The molecule has 3 aromatic rings. The van der Waals surface area contributed by atoms with Gasteiger partial charge in [0.05, 0.1) is 12.2 Å². The number of hydrogen-bond acceptors (Lipinski definition) is 3. The van der Waals surface area contributed by atoms with E-state index < -0.39 is 11.6 Å². The fraction of sp³-hybridized carbons (Fsp3) is 0.200. The molecule has 0 unspecified atom stereocenters. The van der Waals surface area contributed by atoms with Crippen LogP contribution in [0.4, 0.5) is 8.78 Å². The average molecular weight is 370 g/mol. The van der Waals surface area contributed by atoms with Crippen molar-refractivity contribution in [1.82, 2.24) is 15.6 Å². The molecule has 0 aliphatic heterocycles. The summed E-state index contributed by atoms with van der Waals surface area (Å²) in [6.07, 6.45) is 2.07. The summed E-state index contributed by atoms with van der Waals surface area (Å²) in [6, 6.07) is 13.1. The minimum Gasteiger partial charge on any atom is -0.444 e. The average Bonchev–Trinajstić information content (AvgIpc) is 3.13. The summed E-state index contributed by atoms with van der Waals surface area (Å²) >= 11 is 0. The normalized spacial score (nSPS) is 11.4. The highest BCUT2D eigenvalue weighted by Gasteiger charge is 2.07. The molecule has 5 nitrogen and oxygen atoms in total. The van der Waals surface area contributed by atoms with Crippen molar-refractivity contribution < 1.29 is 13.2 Å². The third kappa shape index (κ3) is 5.37. The van der Waals surface area contributed by atoms with E-state index in [-0.39, 0.29) is 0 Å². The molecule has 0 radical (unpaired) electrons. The van der Waals surface area contributed by atoms with Crippen LogP contribution in [0.15, 0.2) is 64.2 Å². The SMILES string of the molecule is CN=C(NCCc1cc(F)cc(F)c1)NCc1coc(-c2ccccc2)n1. The molecule has 1 aromatic heterocycles. The summed E-state index contributed by atoms with van der Waals surface area (Å²) in [7, 11) is 1.65. The number of oxazole rings is 1. The van der Waals surface area contributed by atoms with E-state index in [4.69, 9.17) is 4.42 Å². The van der Waals surface area contributed by atoms with Crippen molar-refractivity contribution in [2.24, 2.45) is 4.99 Å². The first-order chi connectivity index (χ1) is 13.1. The number of rotatable bonds is 6. The molecule has 0 spiro atoms. The second-order valence-corrected chi connectivity index (χ2v) is 5.89. The molecule has 0 amide bonds. The lowest BCUT2D eigenvalue weighted by Gasteiger charge is -2.11. The van der Waals surface area contributed by atoms with Crippen LogP contribution in [0.2, 0.25) is 0 Å². The third-order valence-electron chi connectivity index (χ3n) is 3.86. The van der Waals surface area contributed by atoms with Gasteiger partial charge in [-0.05, 0) is 36.2 Å². The fourth-order valence-electron chi connectivity index (χ4n) is 2.58. The van der Waals surface area contributed by atoms with Crippen molar-refractivity contribution >= 4 is 5.96 Å². The molecule has 0 saturated carbocycles. The highest BCUT2D eigenvalue weighted by Crippen LogP contribution is 2.17. The molecule has 3 rings (SSSR count). The first-order valence-corrected chi connectivity index (χ1v) is 8.53. The predicted octanol–water partition coefficient (Wildman–Crippen LogP) is 3.53. The molecular weight excluding hydrogens is 350 g/mol. The first kappa shape index (κ1) is 18.6. The highest BCUT2D eigenvalue weighted by atomic mass is 19.1. The fourth-order valence-corrected chi connectivity index (χ4v) is 2.58. The molecule has 2 N–H and O–H groups in total. The van der Waals surface area contributed by atoms with E-state index in [1.807, 2.05) is 30.3 Å². The Kier molecular flexibility index (Phi) is 6.14. The van der Waals surface area contributed by atoms with Crippen molar-refractivity contribution in [1.29, 1.82) is 0 Å². The molecule has 2 aromatic carbocycles. The predicted molar refractivity (Wildman–Crippen MR) is 100 cm³/mol. The maximum Gasteiger partial charge on any atom is 0.226 e. The van der Waals surface area contributed by atoms with Crippen LogP contribution in [0.25, 0.3) is 11.5 Å². The molecule has 0 aliphatic carbocycles. The van der Waals surface area contributed by atoms with Gasteiger partial charge in [-0.1, -0.05) is 18.2 Å². The van der Waals surface area contributed by atoms with Crippen molar-refractivity contribution in [2.75, 3.05) is 13.6 Å². The Bertz CT molecular complexity index is 889. The van der Waals surface area contributed by atoms with E-state index >= 15 is 0 Å². The van der Waals surface area contributed by atoms with E-state index in [0.717, 1.165) is 17.3 Å². The van der Waals surface area contributed by atoms with Crippen LogP contribution in [0, 0.1) is 11.6 Å². The van der Waals surface area contributed by atoms with Gasteiger partial charge in [0.1, 0.15) is 17.9 Å². The van der Waals surface area contributed by atoms with Gasteiger partial charge in [-0.15, -0.1) is 0 Å². The topological polar surface area (TPSA) is 62.5 Å². The number of nitrogens with zero attached hydrogens (tertiary/aromatic N) is 2. The minimum absolute atomic E-state index is 0.435. The van der Waals surface area contributed by atoms with Gasteiger partial charge in [0.25, 0.3) is 0 Å². The van der Waals surface area contributed by atoms with Crippen LogP contribution in [-0.2, 0) is 13.0 Å². The summed E-state index contributed by atoms with van der Waals surface area (Å²) in [5, 5.41) is 6.23. The Balaban J connectivity index is 1.49. The van der Waals surface area contributed by atoms with E-state index in [2.05, 4.69) is 20.6 Å². The third-order valence-corrected chi connectivity index (χ3v) is 3.86. The zero-order valence-corrected chi connectivity index (χ0v) is 14.9. The van der Waals surface area contributed by atoms with Crippen molar-refractivity contribution in [3.63, 3.8) is 0 Å². The van der Waals surface area contributed by atoms with Crippen molar-refractivity contribution in [3.8, 4) is 11.5 Å². The molecule has 27 heavy (non-hydrogen) atoms. The van der Waals surface area contributed by atoms with Gasteiger partial charge in [0.2, 0.25) is 5.89 Å². The number of aromatic nitrogens is 1. The first-order valence-electron chi connectivity index (χ1n) is 8.53. The van der Waals surface area contributed by atoms with Crippen molar-refractivity contribution in [3.05, 3.63) is 77.7 Å². The van der Waals surface area contributed by atoms with Gasteiger partial charge in [-0.25, -0.2) is 13.8 Å². The molecule has 0 saturated heterocycles. The maximum atomic E-state index is 13.2. The lowest BCUT2D eigenvalue weighted by Crippen LogP contribution is -2.37. The quantitative estimate of drug-likeness (QED) is 0.515. The van der Waals surface area contributed by atoms with E-state index in [0.29, 0.717) is 36.9 Å². The summed E-state index contributed by atoms with van der Waals surface area (Å²) < 4.78 is 31.9. The highest BCUT2D eigenvalue weighted by molar-refractivity contribution is 5.79. The lowest BCUT2D eigenvalue weighted by molar-refractivity contribution is 0.572. The molecule has 0 aliphatic rings. The number of benzene rings is 2. The molecule has 7 heteroatoms. The second kappa shape index (κ2) is 8.93. The Morgan fingerprint density at radius 1 is 1.07 bits per heavy atom. The van der Waals surface area contributed by atoms with Gasteiger partial charge in [-0.2, -0.15) is 0 Å². The van der Waals surface area contributed by atoms with Crippen LogP contribution in [0.5, 0.6) is 0 Å². The number of guanidine groups is 1. The Labute approximate surface area is 156 Å². The van der Waals surface area contributed by atoms with Crippen LogP contribution >= 0.6 is 0 Å². The second-order valence-electron chi connectivity index (χ2n) is 5.89. The Hall–Kier alpha value is -3.22. The van der Waals surface area contributed by atoms with Crippen LogP contribution in [0.3, 0.4) is 0 Å². The monoisotopic (exact) mass is 370 g/mol. The summed E-state index contributed by atoms with van der Waals surface area (Å²) in [5.41, 5.74) is 2.23. The van der Waals surface area contributed by atoms with E-state index in [1.165, 1.54) is 12.1 Å².